The number of hydrogen-bond donors (Lipinski definition) is 4. The molecule has 0 bridgehead atoms. The molecule has 13 heavy (non-hydrogen) atoms. The van der Waals surface area contributed by atoms with Crippen LogP contribution in [-0.4, -0.2) is 35.4 Å². The number of hydroxylamine groups is 1. The monoisotopic (exact) mass is 212 g/mol. The first kappa shape index (κ1) is 12.5. The molecular weight excluding hydrogens is 199 g/mol. The van der Waals surface area contributed by atoms with Crippen LogP contribution in [0.2, 0.25) is 0 Å². The number of carbonyl (C=O) groups is 1. The van der Waals surface area contributed by atoms with Crippen LogP contribution >= 0.6 is 7.60 Å². The Morgan fingerprint density at radius 2 is 2.23 bits per heavy atom. The summed E-state index contributed by atoms with van der Waals surface area (Å²) in [5.41, 5.74) is 1.41. The Kier molecular flexibility index (Phi) is 5.12. The van der Waals surface area contributed by atoms with Crippen molar-refractivity contribution in [2.45, 2.75) is 13.0 Å². The van der Waals surface area contributed by atoms with E-state index >= 15 is 0 Å². The first-order valence-electron chi connectivity index (χ1n) is 3.48. The van der Waals surface area contributed by atoms with Gasteiger partial charge in [-0.2, -0.15) is 0 Å². The van der Waals surface area contributed by atoms with E-state index in [1.54, 1.807) is 0 Å². The zero-order valence-electron chi connectivity index (χ0n) is 7.35. The second-order valence-corrected chi connectivity index (χ2v) is 4.34. The quantitative estimate of drug-likeness (QED) is 0.271. The van der Waals surface area contributed by atoms with Gasteiger partial charge in [0, 0.05) is 7.11 Å². The summed E-state index contributed by atoms with van der Waals surface area (Å²) in [5.74, 6) is -0.684. The molecule has 0 fully saturated rings. The fourth-order valence-electron chi connectivity index (χ4n) is 0.506. The zero-order valence-corrected chi connectivity index (χ0v) is 8.25. The van der Waals surface area contributed by atoms with Gasteiger partial charge in [-0.05, 0) is 6.92 Å². The second kappa shape index (κ2) is 5.31. The zero-order chi connectivity index (χ0) is 10.5. The molecule has 7 nitrogen and oxygen atoms in total. The van der Waals surface area contributed by atoms with Crippen molar-refractivity contribution in [3.8, 4) is 0 Å². The Bertz CT molecular complexity index is 221. The van der Waals surface area contributed by atoms with E-state index in [0.29, 0.717) is 0 Å². The number of nitrogens with one attached hydrogen (secondary N) is 2. The molecule has 0 aliphatic heterocycles. The summed E-state index contributed by atoms with van der Waals surface area (Å²) in [6.45, 7) is 1.43. The second-order valence-electron chi connectivity index (χ2n) is 2.38. The lowest BCUT2D eigenvalue weighted by Crippen LogP contribution is -2.41. The molecule has 0 heterocycles. The molecular formula is C5H13N2O5P. The highest BCUT2D eigenvalue weighted by Crippen LogP contribution is 2.38. The molecule has 0 aromatic heterocycles. The largest absolute Gasteiger partial charge is 0.341 e. The Labute approximate surface area is 75.6 Å². The van der Waals surface area contributed by atoms with E-state index in [4.69, 9.17) is 10.1 Å². The molecule has 0 saturated carbocycles. The van der Waals surface area contributed by atoms with Crippen molar-refractivity contribution in [1.82, 2.24) is 10.8 Å². The van der Waals surface area contributed by atoms with Crippen molar-refractivity contribution in [3.63, 3.8) is 0 Å². The summed E-state index contributed by atoms with van der Waals surface area (Å²) in [7, 11) is -2.55. The highest BCUT2D eigenvalue weighted by Gasteiger charge is 2.20. The van der Waals surface area contributed by atoms with Crippen LogP contribution in [0.1, 0.15) is 6.92 Å². The third-order valence-corrected chi connectivity index (χ3v) is 2.54. The number of hydrogen-bond acceptors (Lipinski definition) is 5. The van der Waals surface area contributed by atoms with Gasteiger partial charge < -0.3 is 9.42 Å². The molecule has 2 unspecified atom stereocenters. The van der Waals surface area contributed by atoms with E-state index in [9.17, 15) is 9.36 Å². The Balaban J connectivity index is 3.89. The topological polar surface area (TPSA) is 108 Å². The van der Waals surface area contributed by atoms with Crippen LogP contribution in [0.25, 0.3) is 0 Å². The summed E-state index contributed by atoms with van der Waals surface area (Å²) < 4.78 is 15.1. The molecule has 0 aliphatic rings. The maximum Gasteiger partial charge on any atom is 0.341 e. The van der Waals surface area contributed by atoms with Crippen molar-refractivity contribution in [3.05, 3.63) is 0 Å². The average molecular weight is 212 g/mol. The molecule has 4 N–H and O–H groups in total. The van der Waals surface area contributed by atoms with Crippen molar-refractivity contribution < 1.29 is 24.0 Å². The molecule has 0 radical (unpaired) electrons. The van der Waals surface area contributed by atoms with Crippen LogP contribution in [-0.2, 0) is 13.9 Å². The van der Waals surface area contributed by atoms with Gasteiger partial charge in [0.05, 0.1) is 12.3 Å². The van der Waals surface area contributed by atoms with E-state index in [1.807, 2.05) is 0 Å². The molecule has 0 rings (SSSR count). The fourth-order valence-corrected chi connectivity index (χ4v) is 1.14. The van der Waals surface area contributed by atoms with Crippen molar-refractivity contribution in [2.24, 2.45) is 0 Å². The first-order valence-corrected chi connectivity index (χ1v) is 5.24. The third kappa shape index (κ3) is 4.97. The molecule has 0 spiro atoms. The van der Waals surface area contributed by atoms with Gasteiger partial charge >= 0.3 is 7.60 Å². The number of rotatable bonds is 5. The van der Waals surface area contributed by atoms with Gasteiger partial charge in [-0.25, -0.2) is 5.48 Å². The molecule has 78 valence electrons. The van der Waals surface area contributed by atoms with Gasteiger partial charge in [0.1, 0.15) is 0 Å². The van der Waals surface area contributed by atoms with Gasteiger partial charge in [0.25, 0.3) is 5.91 Å². The average Bonchev–Trinajstić information content (AvgIpc) is 2.13. The molecule has 1 amide bonds. The van der Waals surface area contributed by atoms with Gasteiger partial charge in [-0.15, -0.1) is 0 Å². The highest BCUT2D eigenvalue weighted by molar-refractivity contribution is 7.52. The lowest BCUT2D eigenvalue weighted by atomic mass is 10.3. The van der Waals surface area contributed by atoms with Crippen molar-refractivity contribution in [2.75, 3.05) is 13.4 Å². The Hall–Kier alpha value is -0.460. The normalized spacial score (nSPS) is 17.5. The molecule has 0 aliphatic carbocycles. The summed E-state index contributed by atoms with van der Waals surface area (Å²) >= 11 is 0. The van der Waals surface area contributed by atoms with Crippen LogP contribution in [0.3, 0.4) is 0 Å². The molecule has 0 saturated heterocycles. The van der Waals surface area contributed by atoms with E-state index in [-0.39, 0.29) is 6.29 Å². The van der Waals surface area contributed by atoms with E-state index < -0.39 is 19.5 Å². The molecule has 2 atom stereocenters. The van der Waals surface area contributed by atoms with Crippen molar-refractivity contribution in [1.29, 1.82) is 0 Å². The minimum Gasteiger partial charge on any atom is -0.323 e. The van der Waals surface area contributed by atoms with Gasteiger partial charge in [-0.3, -0.25) is 19.9 Å². The fraction of sp³-hybridized carbons (Fsp3) is 0.800. The Morgan fingerprint density at radius 3 is 2.62 bits per heavy atom. The molecule has 0 aromatic rings. The maximum absolute atomic E-state index is 10.9. The SMILES string of the molecule is COP(=O)(O)CNC(C)C(=O)NO. The lowest BCUT2D eigenvalue weighted by molar-refractivity contribution is -0.130. The van der Waals surface area contributed by atoms with Crippen LogP contribution in [0, 0.1) is 0 Å². The van der Waals surface area contributed by atoms with Gasteiger partial charge in [0.15, 0.2) is 0 Å². The van der Waals surface area contributed by atoms with Crippen LogP contribution < -0.4 is 10.8 Å². The highest BCUT2D eigenvalue weighted by atomic mass is 31.2. The summed E-state index contributed by atoms with van der Waals surface area (Å²) in [6, 6.07) is -0.763. The van der Waals surface area contributed by atoms with Crippen LogP contribution in [0.4, 0.5) is 0 Å². The first-order chi connectivity index (χ1) is 5.93. The van der Waals surface area contributed by atoms with E-state index in [2.05, 4.69) is 9.84 Å². The smallest absolute Gasteiger partial charge is 0.323 e. The van der Waals surface area contributed by atoms with E-state index in [1.165, 1.54) is 12.4 Å². The number of carbonyl (C=O) groups excluding carboxylic acids is 1. The molecule has 8 heteroatoms. The summed E-state index contributed by atoms with van der Waals surface area (Å²) in [6.07, 6.45) is -0.349. The summed E-state index contributed by atoms with van der Waals surface area (Å²) in [5, 5.41) is 10.6. The van der Waals surface area contributed by atoms with Crippen LogP contribution in [0.5, 0.6) is 0 Å². The predicted molar refractivity (Wildman–Crippen MR) is 44.2 cm³/mol. The summed E-state index contributed by atoms with van der Waals surface area (Å²) in [4.78, 5) is 19.6. The van der Waals surface area contributed by atoms with Crippen molar-refractivity contribution >= 4 is 13.5 Å². The Morgan fingerprint density at radius 1 is 1.69 bits per heavy atom. The number of amides is 1. The van der Waals surface area contributed by atoms with Gasteiger partial charge in [0.2, 0.25) is 0 Å². The minimum atomic E-state index is -3.65. The van der Waals surface area contributed by atoms with E-state index in [0.717, 1.165) is 7.11 Å². The lowest BCUT2D eigenvalue weighted by Gasteiger charge is -2.13. The van der Waals surface area contributed by atoms with Crippen LogP contribution in [0.15, 0.2) is 0 Å². The van der Waals surface area contributed by atoms with Gasteiger partial charge in [-0.1, -0.05) is 0 Å². The minimum absolute atomic E-state index is 0.349. The predicted octanol–water partition coefficient (Wildman–Crippen LogP) is -0.741. The standard InChI is InChI=1S/C5H13N2O5P/c1-4(5(8)7-9)6-3-13(10,11)12-2/h4,6,9H,3H2,1-2H3,(H,7,8)(H,10,11). The maximum atomic E-state index is 10.9. The molecule has 0 aromatic carbocycles. The third-order valence-electron chi connectivity index (χ3n) is 1.39.